The molecule has 4 heteroatoms. The fraction of sp³-hybridized carbons (Fsp3) is 0.600. The minimum absolute atomic E-state index is 0.301. The number of primary amides is 2. The van der Waals surface area contributed by atoms with Gasteiger partial charge in [0.1, 0.15) is 0 Å². The standard InChI is InChI=1S/C10H16N2O2/c11-9(13)4-2-1-3-8(10(12)14)7-5-6-7/h3,7H,1-2,4-6H2,(H2,11,13)(H2,12,14). The molecule has 0 heterocycles. The van der Waals surface area contributed by atoms with Crippen LogP contribution < -0.4 is 11.5 Å². The third kappa shape index (κ3) is 3.60. The largest absolute Gasteiger partial charge is 0.370 e. The van der Waals surface area contributed by atoms with Crippen LogP contribution in [0.1, 0.15) is 32.1 Å². The van der Waals surface area contributed by atoms with Crippen LogP contribution in [0.3, 0.4) is 0 Å². The minimum Gasteiger partial charge on any atom is -0.370 e. The van der Waals surface area contributed by atoms with E-state index in [1.54, 1.807) is 0 Å². The minimum atomic E-state index is -0.327. The van der Waals surface area contributed by atoms with Gasteiger partial charge in [-0.3, -0.25) is 9.59 Å². The quantitative estimate of drug-likeness (QED) is 0.477. The Labute approximate surface area is 83.3 Å². The van der Waals surface area contributed by atoms with Crippen molar-refractivity contribution in [3.63, 3.8) is 0 Å². The number of rotatable bonds is 6. The first-order valence-electron chi connectivity index (χ1n) is 4.89. The molecule has 0 unspecified atom stereocenters. The lowest BCUT2D eigenvalue weighted by Gasteiger charge is -1.99. The van der Waals surface area contributed by atoms with Gasteiger partial charge in [0.25, 0.3) is 0 Å². The second-order valence-electron chi connectivity index (χ2n) is 3.66. The van der Waals surface area contributed by atoms with E-state index in [0.717, 1.165) is 18.4 Å². The van der Waals surface area contributed by atoms with E-state index in [4.69, 9.17) is 11.5 Å². The Bertz CT molecular complexity index is 267. The summed E-state index contributed by atoms with van der Waals surface area (Å²) in [5.41, 5.74) is 10.9. The molecule has 1 rings (SSSR count). The van der Waals surface area contributed by atoms with E-state index >= 15 is 0 Å². The zero-order valence-electron chi connectivity index (χ0n) is 8.16. The van der Waals surface area contributed by atoms with E-state index in [1.807, 2.05) is 6.08 Å². The molecule has 0 aromatic heterocycles. The zero-order chi connectivity index (χ0) is 10.6. The van der Waals surface area contributed by atoms with E-state index < -0.39 is 0 Å². The molecule has 0 saturated heterocycles. The van der Waals surface area contributed by atoms with Gasteiger partial charge in [0.2, 0.25) is 11.8 Å². The number of nitrogens with two attached hydrogens (primary N) is 2. The van der Waals surface area contributed by atoms with Crippen LogP contribution in [0.2, 0.25) is 0 Å². The molecule has 0 atom stereocenters. The van der Waals surface area contributed by atoms with Crippen molar-refractivity contribution in [3.8, 4) is 0 Å². The molecule has 14 heavy (non-hydrogen) atoms. The summed E-state index contributed by atoms with van der Waals surface area (Å²) in [7, 11) is 0. The van der Waals surface area contributed by atoms with Crippen molar-refractivity contribution in [3.05, 3.63) is 11.6 Å². The van der Waals surface area contributed by atoms with Gasteiger partial charge in [-0.25, -0.2) is 0 Å². The molecule has 0 spiro atoms. The molecule has 0 aromatic rings. The molecule has 0 aliphatic heterocycles. The molecule has 1 saturated carbocycles. The summed E-state index contributed by atoms with van der Waals surface area (Å²) in [5, 5.41) is 0. The number of amides is 2. The van der Waals surface area contributed by atoms with Gasteiger partial charge in [0.15, 0.2) is 0 Å². The fourth-order valence-electron chi connectivity index (χ4n) is 1.40. The van der Waals surface area contributed by atoms with Crippen molar-refractivity contribution in [2.45, 2.75) is 32.1 Å². The van der Waals surface area contributed by atoms with Crippen LogP contribution in [0, 0.1) is 5.92 Å². The van der Waals surface area contributed by atoms with Crippen LogP contribution in [-0.2, 0) is 9.59 Å². The van der Waals surface area contributed by atoms with Gasteiger partial charge >= 0.3 is 0 Å². The van der Waals surface area contributed by atoms with Crippen molar-refractivity contribution in [1.29, 1.82) is 0 Å². The normalized spacial score (nSPS) is 16.7. The zero-order valence-corrected chi connectivity index (χ0v) is 8.16. The maximum atomic E-state index is 11.0. The van der Waals surface area contributed by atoms with E-state index in [-0.39, 0.29) is 11.8 Å². The smallest absolute Gasteiger partial charge is 0.244 e. The van der Waals surface area contributed by atoms with Gasteiger partial charge in [-0.05, 0) is 31.6 Å². The Kier molecular flexibility index (Phi) is 3.68. The van der Waals surface area contributed by atoms with Crippen molar-refractivity contribution in [1.82, 2.24) is 0 Å². The van der Waals surface area contributed by atoms with Crippen molar-refractivity contribution < 1.29 is 9.59 Å². The summed E-state index contributed by atoms with van der Waals surface area (Å²) in [6.45, 7) is 0. The monoisotopic (exact) mass is 196 g/mol. The number of carbonyl (C=O) groups excluding carboxylic acids is 2. The lowest BCUT2D eigenvalue weighted by molar-refractivity contribution is -0.118. The van der Waals surface area contributed by atoms with Crippen LogP contribution >= 0.6 is 0 Å². The average molecular weight is 196 g/mol. The van der Waals surface area contributed by atoms with Crippen molar-refractivity contribution in [2.24, 2.45) is 17.4 Å². The van der Waals surface area contributed by atoms with Gasteiger partial charge in [0, 0.05) is 12.0 Å². The summed E-state index contributed by atoms with van der Waals surface area (Å²) in [5.74, 6) is -0.252. The molecule has 0 aromatic carbocycles. The maximum Gasteiger partial charge on any atom is 0.244 e. The van der Waals surface area contributed by atoms with Crippen LogP contribution in [-0.4, -0.2) is 11.8 Å². The van der Waals surface area contributed by atoms with Crippen LogP contribution in [0.5, 0.6) is 0 Å². The maximum absolute atomic E-state index is 11.0. The van der Waals surface area contributed by atoms with E-state index in [1.165, 1.54) is 0 Å². The van der Waals surface area contributed by atoms with Crippen LogP contribution in [0.4, 0.5) is 0 Å². The molecule has 0 radical (unpaired) electrons. The van der Waals surface area contributed by atoms with E-state index in [9.17, 15) is 9.59 Å². The lowest BCUT2D eigenvalue weighted by atomic mass is 10.1. The molecule has 78 valence electrons. The molecule has 4 nitrogen and oxygen atoms in total. The summed E-state index contributed by atoms with van der Waals surface area (Å²) in [6.07, 6.45) is 5.74. The number of unbranched alkanes of at least 4 members (excludes halogenated alkanes) is 1. The van der Waals surface area contributed by atoms with Crippen molar-refractivity contribution >= 4 is 11.8 Å². The highest BCUT2D eigenvalue weighted by molar-refractivity contribution is 5.92. The molecule has 0 bridgehead atoms. The first-order valence-corrected chi connectivity index (χ1v) is 4.89. The summed E-state index contributed by atoms with van der Waals surface area (Å²) in [4.78, 5) is 21.4. The lowest BCUT2D eigenvalue weighted by Crippen LogP contribution is -2.15. The van der Waals surface area contributed by atoms with Gasteiger partial charge in [-0.15, -0.1) is 0 Å². The molecular weight excluding hydrogens is 180 g/mol. The predicted octanol–water partition coefficient (Wildman–Crippen LogP) is 0.464. The van der Waals surface area contributed by atoms with Gasteiger partial charge in [-0.1, -0.05) is 6.08 Å². The molecule has 2 amide bonds. The topological polar surface area (TPSA) is 86.2 Å². The second kappa shape index (κ2) is 4.79. The number of hydrogen-bond acceptors (Lipinski definition) is 2. The highest BCUT2D eigenvalue weighted by Gasteiger charge is 2.28. The first kappa shape index (κ1) is 10.8. The second-order valence-corrected chi connectivity index (χ2v) is 3.66. The van der Waals surface area contributed by atoms with Crippen molar-refractivity contribution in [2.75, 3.05) is 0 Å². The third-order valence-electron chi connectivity index (χ3n) is 2.29. The Morgan fingerprint density at radius 2 is 1.93 bits per heavy atom. The van der Waals surface area contributed by atoms with E-state index in [0.29, 0.717) is 25.2 Å². The summed E-state index contributed by atoms with van der Waals surface area (Å²) < 4.78 is 0. The van der Waals surface area contributed by atoms with Gasteiger partial charge in [-0.2, -0.15) is 0 Å². The molecular formula is C10H16N2O2. The Morgan fingerprint density at radius 1 is 1.29 bits per heavy atom. The van der Waals surface area contributed by atoms with Crippen LogP contribution in [0.25, 0.3) is 0 Å². The van der Waals surface area contributed by atoms with E-state index in [2.05, 4.69) is 0 Å². The first-order chi connectivity index (χ1) is 6.61. The highest BCUT2D eigenvalue weighted by Crippen LogP contribution is 2.36. The number of allylic oxidation sites excluding steroid dienone is 1. The summed E-state index contributed by atoms with van der Waals surface area (Å²) >= 11 is 0. The van der Waals surface area contributed by atoms with Gasteiger partial charge in [0.05, 0.1) is 0 Å². The molecule has 1 aliphatic rings. The number of hydrogen-bond donors (Lipinski definition) is 2. The Hall–Kier alpha value is -1.32. The molecule has 1 fully saturated rings. The third-order valence-corrected chi connectivity index (χ3v) is 2.29. The molecule has 4 N–H and O–H groups in total. The predicted molar refractivity (Wildman–Crippen MR) is 53.0 cm³/mol. The van der Waals surface area contributed by atoms with Gasteiger partial charge < -0.3 is 11.5 Å². The highest BCUT2D eigenvalue weighted by atomic mass is 16.1. The van der Waals surface area contributed by atoms with Crippen LogP contribution in [0.15, 0.2) is 11.6 Å². The Morgan fingerprint density at radius 3 is 2.36 bits per heavy atom. The number of carbonyl (C=O) groups is 2. The Balaban J connectivity index is 2.32. The SMILES string of the molecule is NC(=O)CCCC=C(C(N)=O)C1CC1. The fourth-order valence-corrected chi connectivity index (χ4v) is 1.40. The molecule has 1 aliphatic carbocycles. The summed E-state index contributed by atoms with van der Waals surface area (Å²) in [6, 6.07) is 0. The average Bonchev–Trinajstić information content (AvgIpc) is 2.86.